The molecule has 13 heavy (non-hydrogen) atoms. The SMILES string of the molecule is NCc1cc(OC2CC2)cnc1N. The highest BCUT2D eigenvalue weighted by molar-refractivity contribution is 5.42. The predicted octanol–water partition coefficient (Wildman–Crippen LogP) is 0.664. The second kappa shape index (κ2) is 3.22. The van der Waals surface area contributed by atoms with E-state index < -0.39 is 0 Å². The molecule has 1 saturated carbocycles. The molecule has 0 aliphatic heterocycles. The van der Waals surface area contributed by atoms with Crippen LogP contribution < -0.4 is 16.2 Å². The number of hydrogen-bond donors (Lipinski definition) is 2. The summed E-state index contributed by atoms with van der Waals surface area (Å²) in [7, 11) is 0. The summed E-state index contributed by atoms with van der Waals surface area (Å²) in [6, 6.07) is 1.86. The summed E-state index contributed by atoms with van der Waals surface area (Å²) < 4.78 is 5.55. The van der Waals surface area contributed by atoms with E-state index in [1.54, 1.807) is 6.20 Å². The van der Waals surface area contributed by atoms with Crippen LogP contribution in [0.15, 0.2) is 12.3 Å². The highest BCUT2D eigenvalue weighted by atomic mass is 16.5. The molecule has 4 nitrogen and oxygen atoms in total. The van der Waals surface area contributed by atoms with E-state index in [0.717, 1.165) is 24.2 Å². The number of nitrogens with zero attached hydrogens (tertiary/aromatic N) is 1. The second-order valence-corrected chi connectivity index (χ2v) is 3.24. The fourth-order valence-corrected chi connectivity index (χ4v) is 1.11. The van der Waals surface area contributed by atoms with E-state index >= 15 is 0 Å². The number of hydrogen-bond acceptors (Lipinski definition) is 4. The molecule has 1 heterocycles. The fourth-order valence-electron chi connectivity index (χ4n) is 1.11. The second-order valence-electron chi connectivity index (χ2n) is 3.24. The number of nitrogens with two attached hydrogens (primary N) is 2. The van der Waals surface area contributed by atoms with Crippen molar-refractivity contribution in [1.29, 1.82) is 0 Å². The van der Waals surface area contributed by atoms with Gasteiger partial charge >= 0.3 is 0 Å². The van der Waals surface area contributed by atoms with Gasteiger partial charge in [0.05, 0.1) is 12.3 Å². The topological polar surface area (TPSA) is 74.2 Å². The van der Waals surface area contributed by atoms with Gasteiger partial charge in [0.2, 0.25) is 0 Å². The van der Waals surface area contributed by atoms with Crippen molar-refractivity contribution in [3.63, 3.8) is 0 Å². The number of ether oxygens (including phenoxy) is 1. The van der Waals surface area contributed by atoms with E-state index in [1.165, 1.54) is 0 Å². The molecule has 0 unspecified atom stereocenters. The van der Waals surface area contributed by atoms with E-state index in [-0.39, 0.29) is 0 Å². The number of aromatic nitrogens is 1. The number of pyridine rings is 1. The lowest BCUT2D eigenvalue weighted by Crippen LogP contribution is -2.05. The maximum Gasteiger partial charge on any atom is 0.138 e. The van der Waals surface area contributed by atoms with Crippen LogP contribution in [0.25, 0.3) is 0 Å². The van der Waals surface area contributed by atoms with Crippen molar-refractivity contribution < 1.29 is 4.74 Å². The molecule has 0 atom stereocenters. The molecule has 0 bridgehead atoms. The van der Waals surface area contributed by atoms with Crippen molar-refractivity contribution in [1.82, 2.24) is 4.98 Å². The Labute approximate surface area is 76.9 Å². The van der Waals surface area contributed by atoms with Gasteiger partial charge in [0.15, 0.2) is 0 Å². The summed E-state index contributed by atoms with van der Waals surface area (Å²) in [6.45, 7) is 0.403. The maximum absolute atomic E-state index is 5.60. The largest absolute Gasteiger partial charge is 0.489 e. The predicted molar refractivity (Wildman–Crippen MR) is 50.2 cm³/mol. The van der Waals surface area contributed by atoms with E-state index in [2.05, 4.69) is 4.98 Å². The highest BCUT2D eigenvalue weighted by Gasteiger charge is 2.23. The zero-order valence-electron chi connectivity index (χ0n) is 7.36. The van der Waals surface area contributed by atoms with Gasteiger partial charge in [0.1, 0.15) is 11.6 Å². The van der Waals surface area contributed by atoms with Crippen LogP contribution in [0.5, 0.6) is 5.75 Å². The first kappa shape index (κ1) is 8.31. The minimum absolute atomic E-state index is 0.385. The van der Waals surface area contributed by atoms with Gasteiger partial charge in [-0.15, -0.1) is 0 Å². The first-order valence-electron chi connectivity index (χ1n) is 4.40. The number of nitrogen functional groups attached to an aromatic ring is 1. The van der Waals surface area contributed by atoms with Crippen molar-refractivity contribution in [2.75, 3.05) is 5.73 Å². The van der Waals surface area contributed by atoms with Gasteiger partial charge in [-0.05, 0) is 18.9 Å². The van der Waals surface area contributed by atoms with Gasteiger partial charge in [0, 0.05) is 12.1 Å². The van der Waals surface area contributed by atoms with Crippen LogP contribution in [0.2, 0.25) is 0 Å². The minimum atomic E-state index is 0.385. The van der Waals surface area contributed by atoms with Crippen molar-refractivity contribution in [2.45, 2.75) is 25.5 Å². The lowest BCUT2D eigenvalue weighted by Gasteiger charge is -2.06. The third-order valence-electron chi connectivity index (χ3n) is 2.02. The van der Waals surface area contributed by atoms with Gasteiger partial charge < -0.3 is 16.2 Å². The Hall–Kier alpha value is -1.29. The molecule has 4 heteroatoms. The summed E-state index contributed by atoms with van der Waals surface area (Å²) in [6.07, 6.45) is 4.31. The van der Waals surface area contributed by atoms with E-state index in [4.69, 9.17) is 16.2 Å². The van der Waals surface area contributed by atoms with Crippen LogP contribution in [-0.2, 0) is 6.54 Å². The van der Waals surface area contributed by atoms with Crippen molar-refractivity contribution in [3.05, 3.63) is 17.8 Å². The van der Waals surface area contributed by atoms with Crippen LogP contribution in [0.4, 0.5) is 5.82 Å². The molecule has 0 saturated heterocycles. The Bertz CT molecular complexity index is 310. The monoisotopic (exact) mass is 179 g/mol. The van der Waals surface area contributed by atoms with Gasteiger partial charge in [-0.1, -0.05) is 0 Å². The molecule has 1 aliphatic rings. The summed E-state index contributed by atoms with van der Waals surface area (Å²) in [5, 5.41) is 0. The van der Waals surface area contributed by atoms with Gasteiger partial charge in [-0.3, -0.25) is 0 Å². The van der Waals surface area contributed by atoms with Crippen molar-refractivity contribution in [2.24, 2.45) is 5.73 Å². The lowest BCUT2D eigenvalue weighted by molar-refractivity contribution is 0.302. The number of anilines is 1. The molecular formula is C9H13N3O. The number of rotatable bonds is 3. The average Bonchev–Trinajstić information content (AvgIpc) is 2.92. The van der Waals surface area contributed by atoms with Gasteiger partial charge in [-0.2, -0.15) is 0 Å². The van der Waals surface area contributed by atoms with Crippen LogP contribution in [0.3, 0.4) is 0 Å². The van der Waals surface area contributed by atoms with Crippen LogP contribution >= 0.6 is 0 Å². The first-order valence-corrected chi connectivity index (χ1v) is 4.40. The standard InChI is InChI=1S/C9H13N3O/c10-4-6-3-8(5-12-9(6)11)13-7-1-2-7/h3,5,7H,1-2,4,10H2,(H2,11,12). The summed E-state index contributed by atoms with van der Waals surface area (Å²) >= 11 is 0. The average molecular weight is 179 g/mol. The van der Waals surface area contributed by atoms with Gasteiger partial charge in [0.25, 0.3) is 0 Å². The van der Waals surface area contributed by atoms with Crippen LogP contribution in [0, 0.1) is 0 Å². The lowest BCUT2D eigenvalue weighted by atomic mass is 10.2. The zero-order valence-corrected chi connectivity index (χ0v) is 7.36. The minimum Gasteiger partial charge on any atom is -0.489 e. The molecular weight excluding hydrogens is 166 g/mol. The molecule has 1 aromatic rings. The molecule has 0 aromatic carbocycles. The molecule has 1 aliphatic carbocycles. The van der Waals surface area contributed by atoms with Crippen LogP contribution in [-0.4, -0.2) is 11.1 Å². The van der Waals surface area contributed by atoms with Crippen molar-refractivity contribution >= 4 is 5.82 Å². The normalized spacial score (nSPS) is 15.8. The highest BCUT2D eigenvalue weighted by Crippen LogP contribution is 2.27. The Morgan fingerprint density at radius 2 is 2.31 bits per heavy atom. The van der Waals surface area contributed by atoms with E-state index in [0.29, 0.717) is 18.5 Å². The third kappa shape index (κ3) is 1.89. The molecule has 2 rings (SSSR count). The smallest absolute Gasteiger partial charge is 0.138 e. The summed E-state index contributed by atoms with van der Waals surface area (Å²) in [5.41, 5.74) is 11.9. The quantitative estimate of drug-likeness (QED) is 0.715. The third-order valence-corrected chi connectivity index (χ3v) is 2.02. The van der Waals surface area contributed by atoms with Crippen LogP contribution in [0.1, 0.15) is 18.4 Å². The fraction of sp³-hybridized carbons (Fsp3) is 0.444. The Balaban J connectivity index is 2.16. The zero-order chi connectivity index (χ0) is 9.26. The summed E-state index contributed by atoms with van der Waals surface area (Å²) in [5.74, 6) is 1.27. The molecule has 0 radical (unpaired) electrons. The van der Waals surface area contributed by atoms with Gasteiger partial charge in [-0.25, -0.2) is 4.98 Å². The molecule has 1 aromatic heterocycles. The Morgan fingerprint density at radius 1 is 1.54 bits per heavy atom. The molecule has 70 valence electrons. The molecule has 0 amide bonds. The molecule has 0 spiro atoms. The maximum atomic E-state index is 5.60. The van der Waals surface area contributed by atoms with Crippen molar-refractivity contribution in [3.8, 4) is 5.75 Å². The van der Waals surface area contributed by atoms with E-state index in [9.17, 15) is 0 Å². The first-order chi connectivity index (χ1) is 6.29. The molecule has 1 fully saturated rings. The Morgan fingerprint density at radius 3 is 2.92 bits per heavy atom. The van der Waals surface area contributed by atoms with E-state index in [1.807, 2.05) is 6.07 Å². The molecule has 4 N–H and O–H groups in total. The Kier molecular flexibility index (Phi) is 2.06. The summed E-state index contributed by atoms with van der Waals surface area (Å²) in [4.78, 5) is 4.00.